The fourth-order valence-corrected chi connectivity index (χ4v) is 2.94. The Morgan fingerprint density at radius 2 is 1.93 bits per heavy atom. The first-order valence-corrected chi connectivity index (χ1v) is 9.64. The minimum atomic E-state index is -0.194. The molecular weight excluding hydrogens is 342 g/mol. The molecule has 0 aliphatic carbocycles. The van der Waals surface area contributed by atoms with Gasteiger partial charge in [-0.25, -0.2) is 4.98 Å². The Labute approximate surface area is 161 Å². The van der Waals surface area contributed by atoms with Crippen LogP contribution in [0.15, 0.2) is 18.2 Å². The van der Waals surface area contributed by atoms with Gasteiger partial charge in [-0.05, 0) is 31.4 Å². The lowest BCUT2D eigenvalue weighted by atomic mass is 10.1. The van der Waals surface area contributed by atoms with Gasteiger partial charge < -0.3 is 14.2 Å². The van der Waals surface area contributed by atoms with Gasteiger partial charge in [0.25, 0.3) is 0 Å². The molecule has 148 valence electrons. The molecule has 0 spiro atoms. The molecule has 0 saturated carbocycles. The third-order valence-corrected chi connectivity index (χ3v) is 4.70. The monoisotopic (exact) mass is 373 g/mol. The van der Waals surface area contributed by atoms with E-state index in [1.54, 1.807) is 11.7 Å². The minimum absolute atomic E-state index is 0.00178. The molecule has 2 rings (SSSR count). The quantitative estimate of drug-likeness (QED) is 0.628. The molecule has 0 unspecified atom stereocenters. The number of hydrogen-bond donors (Lipinski definition) is 0. The van der Waals surface area contributed by atoms with E-state index in [9.17, 15) is 9.59 Å². The third kappa shape index (κ3) is 4.87. The smallest absolute Gasteiger partial charge is 0.242 e. The summed E-state index contributed by atoms with van der Waals surface area (Å²) in [5.41, 5.74) is 1.43. The second-order valence-electron chi connectivity index (χ2n) is 7.55. The van der Waals surface area contributed by atoms with Crippen LogP contribution in [-0.4, -0.2) is 46.3 Å². The van der Waals surface area contributed by atoms with Gasteiger partial charge in [-0.2, -0.15) is 0 Å². The highest BCUT2D eigenvalue weighted by molar-refractivity contribution is 5.98. The predicted octanol–water partition coefficient (Wildman–Crippen LogP) is 3.78. The van der Waals surface area contributed by atoms with Crippen LogP contribution in [0.3, 0.4) is 0 Å². The molecule has 0 N–H and O–H groups in total. The summed E-state index contributed by atoms with van der Waals surface area (Å²) >= 11 is 0. The Bertz CT molecular complexity index is 808. The van der Waals surface area contributed by atoms with Crippen molar-refractivity contribution in [3.05, 3.63) is 24.0 Å². The number of amides is 1. The number of aromatic nitrogens is 2. The number of ether oxygens (including phenoxy) is 1. The van der Waals surface area contributed by atoms with Gasteiger partial charge in [-0.15, -0.1) is 0 Å². The number of methoxy groups -OCH3 is 1. The first-order chi connectivity index (χ1) is 12.8. The average molecular weight is 373 g/mol. The first kappa shape index (κ1) is 20.9. The lowest BCUT2D eigenvalue weighted by Crippen LogP contribution is -2.35. The molecule has 0 atom stereocenters. The molecule has 27 heavy (non-hydrogen) atoms. The van der Waals surface area contributed by atoms with E-state index >= 15 is 0 Å². The summed E-state index contributed by atoms with van der Waals surface area (Å²) in [7, 11) is 1.60. The van der Waals surface area contributed by atoms with Gasteiger partial charge in [0.1, 0.15) is 12.3 Å². The lowest BCUT2D eigenvalue weighted by molar-refractivity contribution is -0.131. The summed E-state index contributed by atoms with van der Waals surface area (Å²) in [6.45, 7) is 11.4. The van der Waals surface area contributed by atoms with Gasteiger partial charge in [0.05, 0.1) is 18.1 Å². The summed E-state index contributed by atoms with van der Waals surface area (Å²) in [4.78, 5) is 32.0. The van der Waals surface area contributed by atoms with Gasteiger partial charge in [0.15, 0.2) is 5.82 Å². The molecule has 0 bridgehead atoms. The molecular formula is C21H31N3O3. The van der Waals surface area contributed by atoms with Crippen molar-refractivity contribution in [2.75, 3.05) is 20.2 Å². The van der Waals surface area contributed by atoms with E-state index in [-0.39, 0.29) is 24.2 Å². The Morgan fingerprint density at radius 1 is 1.22 bits per heavy atom. The summed E-state index contributed by atoms with van der Waals surface area (Å²) in [6, 6.07) is 5.46. The van der Waals surface area contributed by atoms with E-state index in [0.717, 1.165) is 18.5 Å². The van der Waals surface area contributed by atoms with Crippen molar-refractivity contribution < 1.29 is 14.3 Å². The van der Waals surface area contributed by atoms with Crippen LogP contribution in [-0.2, 0) is 11.3 Å². The molecule has 1 aromatic heterocycles. The Kier molecular flexibility index (Phi) is 6.99. The topological polar surface area (TPSA) is 64.4 Å². The third-order valence-electron chi connectivity index (χ3n) is 4.70. The fourth-order valence-electron chi connectivity index (χ4n) is 2.94. The molecule has 1 amide bonds. The number of rotatable bonds is 9. The van der Waals surface area contributed by atoms with Crippen molar-refractivity contribution >= 4 is 22.7 Å². The average Bonchev–Trinajstić information content (AvgIpc) is 2.98. The van der Waals surface area contributed by atoms with E-state index in [0.29, 0.717) is 29.6 Å². The number of carbonyl (C=O) groups excluding carboxylic acids is 2. The van der Waals surface area contributed by atoms with E-state index in [1.807, 2.05) is 43.9 Å². The molecule has 1 aromatic carbocycles. The SMILES string of the molecule is CCN(CCC(C)C)C(=O)Cn1c(C(=O)C(C)C)nc2ccc(OC)cc21. The zero-order valence-electron chi connectivity index (χ0n) is 17.3. The van der Waals surface area contributed by atoms with Gasteiger partial charge >= 0.3 is 0 Å². The Morgan fingerprint density at radius 3 is 2.48 bits per heavy atom. The van der Waals surface area contributed by atoms with Crippen molar-refractivity contribution in [1.29, 1.82) is 0 Å². The van der Waals surface area contributed by atoms with Crippen molar-refractivity contribution in [2.24, 2.45) is 11.8 Å². The van der Waals surface area contributed by atoms with Crippen molar-refractivity contribution in [2.45, 2.75) is 47.6 Å². The maximum absolute atomic E-state index is 12.9. The summed E-state index contributed by atoms with van der Waals surface area (Å²) in [6.07, 6.45) is 0.954. The molecule has 0 aliphatic rings. The molecule has 0 saturated heterocycles. The van der Waals surface area contributed by atoms with E-state index < -0.39 is 0 Å². The van der Waals surface area contributed by atoms with Crippen LogP contribution < -0.4 is 4.74 Å². The van der Waals surface area contributed by atoms with Crippen LogP contribution in [0, 0.1) is 11.8 Å². The second-order valence-corrected chi connectivity index (χ2v) is 7.55. The molecule has 6 nitrogen and oxygen atoms in total. The van der Waals surface area contributed by atoms with Gasteiger partial charge in [-0.1, -0.05) is 27.7 Å². The molecule has 0 aliphatic heterocycles. The van der Waals surface area contributed by atoms with Gasteiger partial charge in [0.2, 0.25) is 11.7 Å². The highest BCUT2D eigenvalue weighted by Crippen LogP contribution is 2.24. The lowest BCUT2D eigenvalue weighted by Gasteiger charge is -2.23. The number of fused-ring (bicyclic) bond motifs is 1. The van der Waals surface area contributed by atoms with Crippen LogP contribution in [0.2, 0.25) is 0 Å². The van der Waals surface area contributed by atoms with Crippen LogP contribution in [0.5, 0.6) is 5.75 Å². The standard InChI is InChI=1S/C21H31N3O3/c1-7-23(11-10-14(2)3)19(25)13-24-18-12-16(27-6)8-9-17(18)22-21(24)20(26)15(4)5/h8-9,12,14-15H,7,10-11,13H2,1-6H3. The van der Waals surface area contributed by atoms with E-state index in [4.69, 9.17) is 4.74 Å². The van der Waals surface area contributed by atoms with Crippen molar-refractivity contribution in [1.82, 2.24) is 14.5 Å². The Balaban J connectivity index is 2.42. The number of nitrogens with zero attached hydrogens (tertiary/aromatic N) is 3. The van der Waals surface area contributed by atoms with Crippen molar-refractivity contribution in [3.63, 3.8) is 0 Å². The predicted molar refractivity (Wildman–Crippen MR) is 107 cm³/mol. The molecule has 0 fully saturated rings. The molecule has 1 heterocycles. The summed E-state index contributed by atoms with van der Waals surface area (Å²) < 4.78 is 7.05. The number of ketones is 1. The summed E-state index contributed by atoms with van der Waals surface area (Å²) in [5, 5.41) is 0. The second kappa shape index (κ2) is 9.02. The number of hydrogen-bond acceptors (Lipinski definition) is 4. The zero-order valence-corrected chi connectivity index (χ0v) is 17.3. The number of Topliss-reactive ketones (excluding diaryl/α,β-unsaturated/α-hetero) is 1. The first-order valence-electron chi connectivity index (χ1n) is 9.64. The molecule has 6 heteroatoms. The highest BCUT2D eigenvalue weighted by Gasteiger charge is 2.23. The van der Waals surface area contributed by atoms with Crippen LogP contribution >= 0.6 is 0 Å². The zero-order chi connectivity index (χ0) is 20.1. The van der Waals surface area contributed by atoms with Crippen LogP contribution in [0.25, 0.3) is 11.0 Å². The summed E-state index contributed by atoms with van der Waals surface area (Å²) in [5.74, 6) is 1.28. The minimum Gasteiger partial charge on any atom is -0.497 e. The fraction of sp³-hybridized carbons (Fsp3) is 0.571. The van der Waals surface area contributed by atoms with E-state index in [2.05, 4.69) is 18.8 Å². The molecule has 0 radical (unpaired) electrons. The van der Waals surface area contributed by atoms with Crippen LogP contribution in [0.1, 0.15) is 51.7 Å². The highest BCUT2D eigenvalue weighted by atomic mass is 16.5. The normalized spacial score (nSPS) is 11.4. The maximum Gasteiger partial charge on any atom is 0.242 e. The molecule has 2 aromatic rings. The van der Waals surface area contributed by atoms with Gasteiger partial charge in [-0.3, -0.25) is 9.59 Å². The van der Waals surface area contributed by atoms with E-state index in [1.165, 1.54) is 0 Å². The Hall–Kier alpha value is -2.37. The van der Waals surface area contributed by atoms with Crippen molar-refractivity contribution in [3.8, 4) is 5.75 Å². The number of likely N-dealkylation sites (N-methyl/N-ethyl adjacent to an activating group) is 1. The van der Waals surface area contributed by atoms with Gasteiger partial charge in [0, 0.05) is 25.1 Å². The number of imidazole rings is 1. The number of benzene rings is 1. The van der Waals surface area contributed by atoms with Crippen LogP contribution in [0.4, 0.5) is 0 Å². The largest absolute Gasteiger partial charge is 0.497 e. The maximum atomic E-state index is 12.9. The number of carbonyl (C=O) groups is 2.